The Labute approximate surface area is 219 Å². The number of aryl methyl sites for hydroxylation is 1. The topological polar surface area (TPSA) is 44.8 Å². The lowest BCUT2D eigenvalue weighted by Gasteiger charge is -2.47. The van der Waals surface area contributed by atoms with Crippen LogP contribution in [0.15, 0.2) is 48.3 Å². The number of fused-ring (bicyclic) bond motifs is 1. The van der Waals surface area contributed by atoms with Crippen LogP contribution in [-0.4, -0.2) is 28.3 Å². The van der Waals surface area contributed by atoms with Gasteiger partial charge in [-0.15, -0.1) is 0 Å². The second-order valence-electron chi connectivity index (χ2n) is 12.4. The molecule has 0 bridgehead atoms. The highest BCUT2D eigenvalue weighted by Gasteiger charge is 2.49. The summed E-state index contributed by atoms with van der Waals surface area (Å²) in [5.41, 5.74) is 4.29. The first-order chi connectivity index (χ1) is 16.7. The Hall–Kier alpha value is -2.27. The van der Waals surface area contributed by atoms with Crippen molar-refractivity contribution < 1.29 is 18.7 Å². The van der Waals surface area contributed by atoms with E-state index < -0.39 is 13.7 Å². The summed E-state index contributed by atoms with van der Waals surface area (Å²) in [6, 6.07) is 6.32. The number of carbonyl (C=O) groups excluding carboxylic acids is 1. The fourth-order valence-corrected chi connectivity index (χ4v) is 6.43. The SMILES string of the molecule is C=C(C)[C@H]1CC(=O)[C@@](C)(C/C=C/OC)[C@H](C2=C(O[Si](C)(C)C(C)(C)C)c3ccc(OC)cc3CC2)C1. The van der Waals surface area contributed by atoms with Crippen molar-refractivity contribution in [1.29, 1.82) is 0 Å². The number of Topliss-reactive ketones (excluding diaryl/α,β-unsaturated/α-hetero) is 1. The molecule has 36 heavy (non-hydrogen) atoms. The van der Waals surface area contributed by atoms with Crippen LogP contribution in [0.3, 0.4) is 0 Å². The van der Waals surface area contributed by atoms with Gasteiger partial charge < -0.3 is 13.9 Å². The van der Waals surface area contributed by atoms with Crippen LogP contribution in [0.25, 0.3) is 5.76 Å². The van der Waals surface area contributed by atoms with E-state index in [9.17, 15) is 4.79 Å². The maximum absolute atomic E-state index is 13.8. The third-order valence-corrected chi connectivity index (χ3v) is 13.3. The zero-order valence-electron chi connectivity index (χ0n) is 23.9. The lowest BCUT2D eigenvalue weighted by atomic mass is 9.57. The molecule has 5 heteroatoms. The smallest absolute Gasteiger partial charge is 0.250 e. The number of ether oxygens (including phenoxy) is 2. The van der Waals surface area contributed by atoms with Crippen LogP contribution in [0.2, 0.25) is 18.1 Å². The van der Waals surface area contributed by atoms with E-state index in [-0.39, 0.29) is 16.9 Å². The minimum Gasteiger partial charge on any atom is -0.543 e. The summed E-state index contributed by atoms with van der Waals surface area (Å²) in [4.78, 5) is 13.8. The van der Waals surface area contributed by atoms with Crippen LogP contribution in [-0.2, 0) is 20.4 Å². The summed E-state index contributed by atoms with van der Waals surface area (Å²) in [6.07, 6.45) is 7.63. The van der Waals surface area contributed by atoms with Gasteiger partial charge in [0.2, 0.25) is 0 Å². The molecule has 0 saturated heterocycles. The fraction of sp³-hybridized carbons (Fsp3) is 0.581. The van der Waals surface area contributed by atoms with Gasteiger partial charge in [-0.3, -0.25) is 4.79 Å². The zero-order chi connectivity index (χ0) is 26.9. The predicted molar refractivity (Wildman–Crippen MR) is 151 cm³/mol. The molecule has 0 heterocycles. The highest BCUT2D eigenvalue weighted by molar-refractivity contribution is 6.74. The van der Waals surface area contributed by atoms with Crippen molar-refractivity contribution in [3.63, 3.8) is 0 Å². The molecule has 1 aromatic rings. The number of hydrogen-bond acceptors (Lipinski definition) is 4. The molecule has 1 aromatic carbocycles. The van der Waals surface area contributed by atoms with Crippen molar-refractivity contribution in [2.24, 2.45) is 17.3 Å². The Morgan fingerprint density at radius 1 is 1.22 bits per heavy atom. The van der Waals surface area contributed by atoms with E-state index in [0.717, 1.165) is 41.9 Å². The summed E-state index contributed by atoms with van der Waals surface area (Å²) in [7, 11) is 1.21. The van der Waals surface area contributed by atoms with E-state index in [1.54, 1.807) is 20.5 Å². The molecule has 1 saturated carbocycles. The lowest BCUT2D eigenvalue weighted by Crippen LogP contribution is -2.45. The molecule has 0 radical (unpaired) electrons. The standard InChI is InChI=1S/C31H46O4Si/c1-21(2)23-19-27(31(6,28(32)20-23)16-11-17-33-7)26-14-12-22-18-24(34-8)13-15-25(22)29(26)35-36(9,10)30(3,4)5/h11,13,15,17-18,23,27H,1,12,14,16,19-20H2,2-10H3/b17-11+/t23-,27+,31+/m1/s1. The van der Waals surface area contributed by atoms with Crippen molar-refractivity contribution in [1.82, 2.24) is 0 Å². The van der Waals surface area contributed by atoms with E-state index in [1.165, 1.54) is 11.1 Å². The maximum Gasteiger partial charge on any atom is 0.250 e. The highest BCUT2D eigenvalue weighted by atomic mass is 28.4. The second-order valence-corrected chi connectivity index (χ2v) is 17.2. The van der Waals surface area contributed by atoms with Crippen LogP contribution >= 0.6 is 0 Å². The van der Waals surface area contributed by atoms with E-state index in [4.69, 9.17) is 13.9 Å². The average Bonchev–Trinajstić information content (AvgIpc) is 2.80. The molecule has 3 atom stereocenters. The van der Waals surface area contributed by atoms with Gasteiger partial charge in [-0.25, -0.2) is 0 Å². The van der Waals surface area contributed by atoms with E-state index in [2.05, 4.69) is 66.4 Å². The van der Waals surface area contributed by atoms with Crippen molar-refractivity contribution in [2.75, 3.05) is 14.2 Å². The maximum atomic E-state index is 13.8. The van der Waals surface area contributed by atoms with Crippen molar-refractivity contribution >= 4 is 19.9 Å². The molecule has 0 aromatic heterocycles. The molecule has 0 spiro atoms. The van der Waals surface area contributed by atoms with E-state index >= 15 is 0 Å². The Balaban J connectivity index is 2.23. The molecule has 0 unspecified atom stereocenters. The fourth-order valence-electron chi connectivity index (χ4n) is 5.37. The molecule has 2 aliphatic carbocycles. The molecule has 3 rings (SSSR count). The van der Waals surface area contributed by atoms with Crippen molar-refractivity contribution in [2.45, 2.75) is 84.9 Å². The minimum atomic E-state index is -2.15. The van der Waals surface area contributed by atoms with Gasteiger partial charge in [0.25, 0.3) is 8.32 Å². The van der Waals surface area contributed by atoms with Crippen LogP contribution in [0.5, 0.6) is 5.75 Å². The van der Waals surface area contributed by atoms with Gasteiger partial charge in [-0.05, 0) is 98.0 Å². The van der Waals surface area contributed by atoms with Crippen LogP contribution in [0.4, 0.5) is 0 Å². The quantitative estimate of drug-likeness (QED) is 0.201. The first-order valence-corrected chi connectivity index (χ1v) is 16.1. The Bertz CT molecular complexity index is 1060. The normalized spacial score (nSPS) is 25.1. The Kier molecular flexibility index (Phi) is 8.34. The first kappa shape index (κ1) is 28.3. The first-order valence-electron chi connectivity index (χ1n) is 13.2. The third-order valence-electron chi connectivity index (χ3n) is 8.93. The predicted octanol–water partition coefficient (Wildman–Crippen LogP) is 8.10. The summed E-state index contributed by atoms with van der Waals surface area (Å²) in [5.74, 6) is 2.46. The largest absolute Gasteiger partial charge is 0.543 e. The number of rotatable bonds is 8. The van der Waals surface area contributed by atoms with Crippen LogP contribution < -0.4 is 4.74 Å². The zero-order valence-corrected chi connectivity index (χ0v) is 24.9. The van der Waals surface area contributed by atoms with Gasteiger partial charge in [-0.2, -0.15) is 0 Å². The molecule has 0 amide bonds. The summed E-state index contributed by atoms with van der Waals surface area (Å²) >= 11 is 0. The molecular formula is C31H46O4Si. The van der Waals surface area contributed by atoms with E-state index in [0.29, 0.717) is 18.6 Å². The number of methoxy groups -OCH3 is 2. The molecule has 198 valence electrons. The van der Waals surface area contributed by atoms with Crippen LogP contribution in [0, 0.1) is 17.3 Å². The van der Waals surface area contributed by atoms with Crippen LogP contribution in [0.1, 0.15) is 71.4 Å². The summed E-state index contributed by atoms with van der Waals surface area (Å²) in [6.45, 7) is 19.9. The van der Waals surface area contributed by atoms with Gasteiger partial charge in [0.1, 0.15) is 17.3 Å². The van der Waals surface area contributed by atoms with Gasteiger partial charge in [-0.1, -0.05) is 39.8 Å². The number of carbonyl (C=O) groups is 1. The van der Waals surface area contributed by atoms with Gasteiger partial charge in [0.05, 0.1) is 20.5 Å². The Morgan fingerprint density at radius 2 is 1.92 bits per heavy atom. The highest BCUT2D eigenvalue weighted by Crippen LogP contribution is 2.53. The summed E-state index contributed by atoms with van der Waals surface area (Å²) in [5, 5.41) is 0.0579. The second kappa shape index (κ2) is 10.6. The molecule has 2 aliphatic rings. The molecule has 4 nitrogen and oxygen atoms in total. The number of benzene rings is 1. The van der Waals surface area contributed by atoms with Crippen molar-refractivity contribution in [3.05, 3.63) is 59.4 Å². The molecular weight excluding hydrogens is 464 g/mol. The molecule has 1 fully saturated rings. The molecule has 0 aliphatic heterocycles. The van der Waals surface area contributed by atoms with Gasteiger partial charge >= 0.3 is 0 Å². The van der Waals surface area contributed by atoms with Crippen molar-refractivity contribution in [3.8, 4) is 5.75 Å². The van der Waals surface area contributed by atoms with Gasteiger partial charge in [0.15, 0.2) is 0 Å². The monoisotopic (exact) mass is 510 g/mol. The minimum absolute atomic E-state index is 0.0579. The molecule has 0 N–H and O–H groups in total. The Morgan fingerprint density at radius 3 is 2.50 bits per heavy atom. The number of ketones is 1. The average molecular weight is 511 g/mol. The third kappa shape index (κ3) is 5.51. The number of allylic oxidation sites excluding steroid dienone is 3. The van der Waals surface area contributed by atoms with E-state index in [1.807, 2.05) is 12.1 Å². The van der Waals surface area contributed by atoms with Gasteiger partial charge in [0, 0.05) is 17.4 Å². The number of hydrogen-bond donors (Lipinski definition) is 0. The lowest BCUT2D eigenvalue weighted by molar-refractivity contribution is -0.134. The summed E-state index contributed by atoms with van der Waals surface area (Å²) < 4.78 is 17.9.